The summed E-state index contributed by atoms with van der Waals surface area (Å²) < 4.78 is 1.72. The zero-order valence-corrected chi connectivity index (χ0v) is 19.5. The maximum absolute atomic E-state index is 12.9. The van der Waals surface area contributed by atoms with Crippen LogP contribution >= 0.6 is 0 Å². The van der Waals surface area contributed by atoms with Gasteiger partial charge < -0.3 is 15.5 Å². The molecule has 0 saturated heterocycles. The molecule has 8 nitrogen and oxygen atoms in total. The summed E-state index contributed by atoms with van der Waals surface area (Å²) >= 11 is 0. The summed E-state index contributed by atoms with van der Waals surface area (Å²) in [6, 6.07) is 17.1. The summed E-state index contributed by atoms with van der Waals surface area (Å²) in [5.41, 5.74) is 4.91. The number of para-hydroxylation sites is 1. The van der Waals surface area contributed by atoms with E-state index in [1.54, 1.807) is 9.58 Å². The van der Waals surface area contributed by atoms with Gasteiger partial charge in [-0.1, -0.05) is 42.5 Å². The van der Waals surface area contributed by atoms with Crippen molar-refractivity contribution >= 4 is 23.4 Å². The SMILES string of the molecule is Cc1ccccc1CNC(=O)CCC(=O)N1CCc2c(c(C(=O)Nc3ccccc3)nn2C)C1. The highest BCUT2D eigenvalue weighted by Gasteiger charge is 2.29. The molecule has 1 aromatic heterocycles. The minimum absolute atomic E-state index is 0.102. The summed E-state index contributed by atoms with van der Waals surface area (Å²) in [5, 5.41) is 10.2. The van der Waals surface area contributed by atoms with Gasteiger partial charge in [-0.2, -0.15) is 5.10 Å². The summed E-state index contributed by atoms with van der Waals surface area (Å²) in [6.45, 7) is 3.30. The number of aromatic nitrogens is 2. The van der Waals surface area contributed by atoms with E-state index >= 15 is 0 Å². The first-order valence-corrected chi connectivity index (χ1v) is 11.4. The number of carbonyl (C=O) groups is 3. The zero-order chi connectivity index (χ0) is 24.1. The van der Waals surface area contributed by atoms with Gasteiger partial charge in [0.2, 0.25) is 11.8 Å². The maximum atomic E-state index is 12.9. The lowest BCUT2D eigenvalue weighted by atomic mass is 10.0. The minimum Gasteiger partial charge on any atom is -0.352 e. The Morgan fingerprint density at radius 3 is 2.50 bits per heavy atom. The standard InChI is InChI=1S/C26H29N5O3/c1-18-8-6-7-9-19(18)16-27-23(32)12-13-24(33)31-15-14-22-21(17-31)25(29-30(22)2)26(34)28-20-10-4-3-5-11-20/h3-11H,12-17H2,1-2H3,(H,27,32)(H,28,34). The fraction of sp³-hybridized carbons (Fsp3) is 0.308. The molecule has 2 N–H and O–H groups in total. The van der Waals surface area contributed by atoms with Gasteiger partial charge in [-0.25, -0.2) is 0 Å². The van der Waals surface area contributed by atoms with Crippen molar-refractivity contribution in [3.8, 4) is 0 Å². The number of aryl methyl sites for hydroxylation is 2. The van der Waals surface area contributed by atoms with Gasteiger partial charge in [0, 0.05) is 62.9 Å². The van der Waals surface area contributed by atoms with E-state index < -0.39 is 0 Å². The lowest BCUT2D eigenvalue weighted by Gasteiger charge is -2.27. The Morgan fingerprint density at radius 2 is 1.74 bits per heavy atom. The lowest BCUT2D eigenvalue weighted by Crippen LogP contribution is -2.37. The number of nitrogens with zero attached hydrogens (tertiary/aromatic N) is 3. The minimum atomic E-state index is -0.298. The van der Waals surface area contributed by atoms with E-state index in [4.69, 9.17) is 0 Å². The number of nitrogens with one attached hydrogen (secondary N) is 2. The molecule has 0 radical (unpaired) electrons. The second kappa shape index (κ2) is 10.3. The van der Waals surface area contributed by atoms with E-state index in [1.165, 1.54) is 0 Å². The highest BCUT2D eigenvalue weighted by Crippen LogP contribution is 2.24. The van der Waals surface area contributed by atoms with E-state index in [9.17, 15) is 14.4 Å². The Bertz CT molecular complexity index is 1200. The van der Waals surface area contributed by atoms with Crippen molar-refractivity contribution in [1.29, 1.82) is 0 Å². The molecule has 0 bridgehead atoms. The molecule has 34 heavy (non-hydrogen) atoms. The number of carbonyl (C=O) groups excluding carboxylic acids is 3. The zero-order valence-electron chi connectivity index (χ0n) is 19.5. The number of benzene rings is 2. The Kier molecular flexibility index (Phi) is 7.06. The van der Waals surface area contributed by atoms with Crippen molar-refractivity contribution in [2.45, 2.75) is 39.3 Å². The summed E-state index contributed by atoms with van der Waals surface area (Å²) in [4.78, 5) is 39.7. The highest BCUT2D eigenvalue weighted by atomic mass is 16.2. The van der Waals surface area contributed by atoms with E-state index in [0.717, 1.165) is 22.4 Å². The van der Waals surface area contributed by atoms with Crippen LogP contribution in [-0.4, -0.2) is 38.9 Å². The monoisotopic (exact) mass is 459 g/mol. The van der Waals surface area contributed by atoms with Crippen LogP contribution < -0.4 is 10.6 Å². The third-order valence-corrected chi connectivity index (χ3v) is 6.14. The largest absolute Gasteiger partial charge is 0.352 e. The molecular formula is C26H29N5O3. The maximum Gasteiger partial charge on any atom is 0.276 e. The van der Waals surface area contributed by atoms with Gasteiger partial charge in [-0.3, -0.25) is 19.1 Å². The predicted molar refractivity (Wildman–Crippen MR) is 129 cm³/mol. The van der Waals surface area contributed by atoms with Crippen LogP contribution in [0.3, 0.4) is 0 Å². The molecule has 3 amide bonds. The van der Waals surface area contributed by atoms with Crippen molar-refractivity contribution in [3.63, 3.8) is 0 Å². The number of fused-ring (bicyclic) bond motifs is 1. The first-order valence-electron chi connectivity index (χ1n) is 11.4. The van der Waals surface area contributed by atoms with Crippen LogP contribution in [0.5, 0.6) is 0 Å². The van der Waals surface area contributed by atoms with Gasteiger partial charge in [0.15, 0.2) is 5.69 Å². The van der Waals surface area contributed by atoms with Gasteiger partial charge in [-0.05, 0) is 30.2 Å². The van der Waals surface area contributed by atoms with Crippen LogP contribution in [0.1, 0.15) is 45.7 Å². The van der Waals surface area contributed by atoms with Crippen LogP contribution in [0, 0.1) is 6.92 Å². The van der Waals surface area contributed by atoms with E-state index in [-0.39, 0.29) is 30.6 Å². The van der Waals surface area contributed by atoms with E-state index in [2.05, 4.69) is 15.7 Å². The van der Waals surface area contributed by atoms with Crippen molar-refractivity contribution in [2.24, 2.45) is 7.05 Å². The van der Waals surface area contributed by atoms with Crippen LogP contribution in [-0.2, 0) is 36.1 Å². The average Bonchev–Trinajstić information content (AvgIpc) is 3.18. The van der Waals surface area contributed by atoms with Crippen molar-refractivity contribution in [3.05, 3.63) is 82.7 Å². The summed E-state index contributed by atoms with van der Waals surface area (Å²) in [6.07, 6.45) is 0.867. The first-order chi connectivity index (χ1) is 16.4. The third-order valence-electron chi connectivity index (χ3n) is 6.14. The third kappa shape index (κ3) is 5.33. The number of hydrogen-bond donors (Lipinski definition) is 2. The number of rotatable bonds is 7. The van der Waals surface area contributed by atoms with Crippen LogP contribution in [0.4, 0.5) is 5.69 Å². The summed E-state index contributed by atoms with van der Waals surface area (Å²) in [7, 11) is 1.81. The molecule has 1 aliphatic heterocycles. The summed E-state index contributed by atoms with van der Waals surface area (Å²) in [5.74, 6) is -0.554. The molecule has 176 valence electrons. The van der Waals surface area contributed by atoms with Gasteiger partial charge in [-0.15, -0.1) is 0 Å². The molecule has 0 saturated carbocycles. The van der Waals surface area contributed by atoms with Crippen LogP contribution in [0.15, 0.2) is 54.6 Å². The molecule has 2 heterocycles. The molecule has 2 aromatic carbocycles. The molecule has 0 aliphatic carbocycles. The molecule has 0 atom stereocenters. The predicted octanol–water partition coefficient (Wildman–Crippen LogP) is 2.96. The molecule has 0 unspecified atom stereocenters. The molecule has 0 fully saturated rings. The second-order valence-corrected chi connectivity index (χ2v) is 8.49. The van der Waals surface area contributed by atoms with Gasteiger partial charge >= 0.3 is 0 Å². The Balaban J connectivity index is 1.34. The molecule has 3 aromatic rings. The number of hydrogen-bond acceptors (Lipinski definition) is 4. The fourth-order valence-electron chi connectivity index (χ4n) is 4.17. The smallest absolute Gasteiger partial charge is 0.276 e. The van der Waals surface area contributed by atoms with Gasteiger partial charge in [0.05, 0.1) is 0 Å². The lowest BCUT2D eigenvalue weighted by molar-refractivity contribution is -0.134. The molecule has 1 aliphatic rings. The number of amides is 3. The molecule has 8 heteroatoms. The van der Waals surface area contributed by atoms with E-state index in [1.807, 2.05) is 68.6 Å². The second-order valence-electron chi connectivity index (χ2n) is 8.49. The van der Waals surface area contributed by atoms with Crippen molar-refractivity contribution in [2.75, 3.05) is 11.9 Å². The van der Waals surface area contributed by atoms with E-state index in [0.29, 0.717) is 37.4 Å². The Labute approximate surface area is 199 Å². The Hall–Kier alpha value is -3.94. The first kappa shape index (κ1) is 23.2. The van der Waals surface area contributed by atoms with Crippen LogP contribution in [0.2, 0.25) is 0 Å². The molecular weight excluding hydrogens is 430 g/mol. The van der Waals surface area contributed by atoms with Crippen LogP contribution in [0.25, 0.3) is 0 Å². The molecule has 4 rings (SSSR count). The van der Waals surface area contributed by atoms with Gasteiger partial charge in [0.25, 0.3) is 5.91 Å². The fourth-order valence-corrected chi connectivity index (χ4v) is 4.17. The highest BCUT2D eigenvalue weighted by molar-refractivity contribution is 6.04. The normalized spacial score (nSPS) is 12.7. The quantitative estimate of drug-likeness (QED) is 0.568. The average molecular weight is 460 g/mol. The Morgan fingerprint density at radius 1 is 1.00 bits per heavy atom. The number of anilines is 1. The van der Waals surface area contributed by atoms with Crippen molar-refractivity contribution in [1.82, 2.24) is 20.0 Å². The van der Waals surface area contributed by atoms with Crippen molar-refractivity contribution < 1.29 is 14.4 Å². The topological polar surface area (TPSA) is 96.3 Å². The molecule has 0 spiro atoms. The van der Waals surface area contributed by atoms with Gasteiger partial charge in [0.1, 0.15) is 0 Å².